The van der Waals surface area contributed by atoms with E-state index >= 15 is 0 Å². The first kappa shape index (κ1) is 19.1. The maximum atomic E-state index is 13.1. The summed E-state index contributed by atoms with van der Waals surface area (Å²) in [5, 5.41) is 0. The molecule has 3 rings (SSSR count). The molecule has 5 nitrogen and oxygen atoms in total. The summed E-state index contributed by atoms with van der Waals surface area (Å²) in [6.07, 6.45) is 0. The molecule has 0 unspecified atom stereocenters. The Kier molecular flexibility index (Phi) is 6.22. The Labute approximate surface area is 162 Å². The number of anilines is 1. The fourth-order valence-corrected chi connectivity index (χ4v) is 3.38. The summed E-state index contributed by atoms with van der Waals surface area (Å²) in [6.45, 7) is 7.97. The number of carbonyl (C=O) groups is 1. The van der Waals surface area contributed by atoms with Crippen molar-refractivity contribution in [3.8, 4) is 5.75 Å². The Morgan fingerprint density at radius 1 is 1.00 bits per heavy atom. The molecule has 0 aromatic heterocycles. The first-order chi connectivity index (χ1) is 13.1. The minimum Gasteiger partial charge on any atom is -0.497 e. The number of carbonyl (C=O) groups excluding carboxylic acids is 1. The van der Waals surface area contributed by atoms with Gasteiger partial charge in [-0.2, -0.15) is 0 Å². The van der Waals surface area contributed by atoms with E-state index in [1.54, 1.807) is 7.11 Å². The number of methoxy groups -OCH3 is 1. The van der Waals surface area contributed by atoms with E-state index in [9.17, 15) is 4.79 Å². The SMILES string of the molecule is COc1ccc(N2CCN(C(=O)N(Cc3ccccc3)C(C)C)CC2)cc1. The predicted molar refractivity (Wildman–Crippen MR) is 109 cm³/mol. The van der Waals surface area contributed by atoms with Gasteiger partial charge in [0.25, 0.3) is 0 Å². The Morgan fingerprint density at radius 3 is 2.19 bits per heavy atom. The fourth-order valence-electron chi connectivity index (χ4n) is 3.38. The van der Waals surface area contributed by atoms with Gasteiger partial charge in [-0.25, -0.2) is 4.79 Å². The molecule has 2 aromatic carbocycles. The summed E-state index contributed by atoms with van der Waals surface area (Å²) in [4.78, 5) is 19.3. The standard InChI is InChI=1S/C22H29N3O2/c1-18(2)25(17-19-7-5-4-6-8-19)22(26)24-15-13-23(14-16-24)20-9-11-21(27-3)12-10-20/h4-12,18H,13-17H2,1-3H3. The Morgan fingerprint density at radius 2 is 1.63 bits per heavy atom. The van der Waals surface area contributed by atoms with Crippen LogP contribution in [-0.4, -0.2) is 55.2 Å². The lowest BCUT2D eigenvalue weighted by Gasteiger charge is -2.39. The lowest BCUT2D eigenvalue weighted by Crippen LogP contribution is -2.54. The summed E-state index contributed by atoms with van der Waals surface area (Å²) in [6, 6.07) is 18.6. The third kappa shape index (κ3) is 4.73. The van der Waals surface area contributed by atoms with Gasteiger partial charge in [0.05, 0.1) is 7.11 Å². The summed E-state index contributed by atoms with van der Waals surface area (Å²) in [5.41, 5.74) is 2.34. The van der Waals surface area contributed by atoms with Crippen LogP contribution in [-0.2, 0) is 6.54 Å². The molecule has 0 saturated carbocycles. The maximum absolute atomic E-state index is 13.1. The van der Waals surface area contributed by atoms with Crippen LogP contribution in [0.5, 0.6) is 5.75 Å². The Hall–Kier alpha value is -2.69. The lowest BCUT2D eigenvalue weighted by molar-refractivity contribution is 0.134. The van der Waals surface area contributed by atoms with Crippen LogP contribution in [0.15, 0.2) is 54.6 Å². The molecule has 2 amide bonds. The average Bonchev–Trinajstić information content (AvgIpc) is 2.72. The first-order valence-corrected chi connectivity index (χ1v) is 9.57. The molecule has 0 bridgehead atoms. The zero-order valence-corrected chi connectivity index (χ0v) is 16.5. The zero-order chi connectivity index (χ0) is 19.2. The molecule has 1 aliphatic rings. The molecule has 5 heteroatoms. The molecular weight excluding hydrogens is 338 g/mol. The largest absolute Gasteiger partial charge is 0.497 e. The third-order valence-electron chi connectivity index (χ3n) is 5.05. The molecule has 1 fully saturated rings. The van der Waals surface area contributed by atoms with Crippen LogP contribution in [0.4, 0.5) is 10.5 Å². The van der Waals surface area contributed by atoms with Crippen molar-refractivity contribution >= 4 is 11.7 Å². The highest BCUT2D eigenvalue weighted by Crippen LogP contribution is 2.21. The van der Waals surface area contributed by atoms with Crippen LogP contribution in [0.2, 0.25) is 0 Å². The van der Waals surface area contributed by atoms with E-state index in [0.717, 1.165) is 37.5 Å². The van der Waals surface area contributed by atoms with Crippen molar-refractivity contribution in [1.82, 2.24) is 9.80 Å². The second-order valence-electron chi connectivity index (χ2n) is 7.16. The van der Waals surface area contributed by atoms with Gasteiger partial charge < -0.3 is 19.4 Å². The van der Waals surface area contributed by atoms with Gasteiger partial charge in [-0.15, -0.1) is 0 Å². The van der Waals surface area contributed by atoms with Gasteiger partial charge in [-0.3, -0.25) is 0 Å². The van der Waals surface area contributed by atoms with E-state index in [0.29, 0.717) is 6.54 Å². The highest BCUT2D eigenvalue weighted by Gasteiger charge is 2.27. The molecule has 0 radical (unpaired) electrons. The smallest absolute Gasteiger partial charge is 0.320 e. The molecule has 0 N–H and O–H groups in total. The molecule has 2 aromatic rings. The van der Waals surface area contributed by atoms with Gasteiger partial charge in [0.15, 0.2) is 0 Å². The van der Waals surface area contributed by atoms with E-state index < -0.39 is 0 Å². The number of hydrogen-bond donors (Lipinski definition) is 0. The Balaban J connectivity index is 1.60. The summed E-state index contributed by atoms with van der Waals surface area (Å²) < 4.78 is 5.23. The summed E-state index contributed by atoms with van der Waals surface area (Å²) in [5.74, 6) is 0.862. The van der Waals surface area contributed by atoms with Crippen LogP contribution < -0.4 is 9.64 Å². The number of benzene rings is 2. The number of nitrogens with zero attached hydrogens (tertiary/aromatic N) is 3. The van der Waals surface area contributed by atoms with Crippen LogP contribution in [0.25, 0.3) is 0 Å². The minimum absolute atomic E-state index is 0.128. The summed E-state index contributed by atoms with van der Waals surface area (Å²) in [7, 11) is 1.68. The third-order valence-corrected chi connectivity index (χ3v) is 5.05. The Bertz CT molecular complexity index is 723. The van der Waals surface area contributed by atoms with Gasteiger partial charge in [-0.1, -0.05) is 30.3 Å². The molecular formula is C22H29N3O2. The maximum Gasteiger partial charge on any atom is 0.320 e. The number of piperazine rings is 1. The van der Waals surface area contributed by atoms with E-state index in [4.69, 9.17) is 4.74 Å². The van der Waals surface area contributed by atoms with Crippen LogP contribution in [0.1, 0.15) is 19.4 Å². The lowest BCUT2D eigenvalue weighted by atomic mass is 10.2. The van der Waals surface area contributed by atoms with E-state index in [1.165, 1.54) is 5.69 Å². The summed E-state index contributed by atoms with van der Waals surface area (Å²) >= 11 is 0. The van der Waals surface area contributed by atoms with Gasteiger partial charge in [0, 0.05) is 44.5 Å². The van der Waals surface area contributed by atoms with E-state index in [-0.39, 0.29) is 12.1 Å². The van der Waals surface area contributed by atoms with Crippen LogP contribution in [0, 0.1) is 0 Å². The van der Waals surface area contributed by atoms with Gasteiger partial charge in [-0.05, 0) is 43.7 Å². The highest BCUT2D eigenvalue weighted by atomic mass is 16.5. The zero-order valence-electron chi connectivity index (χ0n) is 16.5. The van der Waals surface area contributed by atoms with Crippen LogP contribution in [0.3, 0.4) is 0 Å². The minimum atomic E-state index is 0.128. The molecule has 0 aliphatic carbocycles. The number of rotatable bonds is 5. The monoisotopic (exact) mass is 367 g/mol. The van der Waals surface area contributed by atoms with Crippen molar-refractivity contribution < 1.29 is 9.53 Å². The van der Waals surface area contributed by atoms with Crippen molar-refractivity contribution in [2.75, 3.05) is 38.2 Å². The quantitative estimate of drug-likeness (QED) is 0.805. The number of amides is 2. The van der Waals surface area contributed by atoms with Gasteiger partial charge >= 0.3 is 6.03 Å². The molecule has 0 spiro atoms. The van der Waals surface area contributed by atoms with Crippen LogP contribution >= 0.6 is 0 Å². The highest BCUT2D eigenvalue weighted by molar-refractivity contribution is 5.75. The predicted octanol–water partition coefficient (Wildman–Crippen LogP) is 3.85. The molecule has 1 heterocycles. The average molecular weight is 367 g/mol. The molecule has 0 atom stereocenters. The molecule has 144 valence electrons. The fraction of sp³-hybridized carbons (Fsp3) is 0.409. The van der Waals surface area contributed by atoms with Gasteiger partial charge in [0.2, 0.25) is 0 Å². The molecule has 27 heavy (non-hydrogen) atoms. The molecule has 1 saturated heterocycles. The van der Waals surface area contributed by atoms with E-state index in [2.05, 4.69) is 43.0 Å². The van der Waals surface area contributed by atoms with E-state index in [1.807, 2.05) is 40.1 Å². The van der Waals surface area contributed by atoms with Crippen molar-refractivity contribution in [2.45, 2.75) is 26.4 Å². The normalized spacial score (nSPS) is 14.4. The first-order valence-electron chi connectivity index (χ1n) is 9.57. The topological polar surface area (TPSA) is 36.0 Å². The number of urea groups is 1. The van der Waals surface area contributed by atoms with Crippen molar-refractivity contribution in [1.29, 1.82) is 0 Å². The van der Waals surface area contributed by atoms with Crippen molar-refractivity contribution in [3.63, 3.8) is 0 Å². The second kappa shape index (κ2) is 8.80. The van der Waals surface area contributed by atoms with Gasteiger partial charge in [0.1, 0.15) is 5.75 Å². The number of ether oxygens (including phenoxy) is 1. The number of hydrogen-bond acceptors (Lipinski definition) is 3. The molecule has 1 aliphatic heterocycles. The van der Waals surface area contributed by atoms with Crippen molar-refractivity contribution in [2.24, 2.45) is 0 Å². The van der Waals surface area contributed by atoms with Crippen molar-refractivity contribution in [3.05, 3.63) is 60.2 Å². The second-order valence-corrected chi connectivity index (χ2v) is 7.16.